The summed E-state index contributed by atoms with van der Waals surface area (Å²) in [5.41, 5.74) is 2.84. The second-order valence-corrected chi connectivity index (χ2v) is 9.88. The zero-order chi connectivity index (χ0) is 20.9. The summed E-state index contributed by atoms with van der Waals surface area (Å²) < 4.78 is 41.0. The molecule has 1 atom stereocenters. The van der Waals surface area contributed by atoms with Crippen LogP contribution in [0.2, 0.25) is 5.02 Å². The molecule has 1 aromatic heterocycles. The van der Waals surface area contributed by atoms with Gasteiger partial charge in [-0.3, -0.25) is 0 Å². The van der Waals surface area contributed by atoms with E-state index in [9.17, 15) is 22.7 Å². The van der Waals surface area contributed by atoms with E-state index >= 15 is 0 Å². The fraction of sp³-hybridized carbons (Fsp3) is 0.286. The summed E-state index contributed by atoms with van der Waals surface area (Å²) in [5, 5.41) is 12.4. The summed E-state index contributed by atoms with van der Waals surface area (Å²) in [7, 11) is -3.71. The standard InChI is InChI=1S/C21H19ClFNO4S.Na/c1-29(27,28)18-10-15(23)9-17-16-7-4-13(8-19(25)26)20(16)24(21(17)18)11-12-2-5-14(22)6-3-12;/h2-3,5-6,9-10,13H,4,7-8,11H2,1H3,(H,25,26);/q;+1/p-1/t13-;/m1./s1. The first-order chi connectivity index (χ1) is 13.6. The van der Waals surface area contributed by atoms with E-state index in [0.29, 0.717) is 35.3 Å². The third-order valence-corrected chi connectivity index (χ3v) is 6.79. The first-order valence-corrected chi connectivity index (χ1v) is 11.4. The number of aliphatic carboxylic acids is 1. The molecule has 2 aromatic carbocycles. The number of hydrogen-bond acceptors (Lipinski definition) is 4. The fourth-order valence-corrected chi connectivity index (χ4v) is 5.33. The Balaban J connectivity index is 0.00000256. The van der Waals surface area contributed by atoms with Gasteiger partial charge in [-0.1, -0.05) is 23.7 Å². The Morgan fingerprint density at radius 1 is 1.27 bits per heavy atom. The molecule has 1 aliphatic carbocycles. The quantitative estimate of drug-likeness (QED) is 0.508. The van der Waals surface area contributed by atoms with Gasteiger partial charge in [0.1, 0.15) is 5.82 Å². The first kappa shape index (κ1) is 23.3. The van der Waals surface area contributed by atoms with Crippen molar-refractivity contribution in [3.63, 3.8) is 0 Å². The zero-order valence-corrected chi connectivity index (χ0v) is 20.2. The first-order valence-electron chi connectivity index (χ1n) is 9.14. The van der Waals surface area contributed by atoms with Crippen LogP contribution >= 0.6 is 11.6 Å². The Hall–Kier alpha value is -1.38. The van der Waals surface area contributed by atoms with Crippen LogP contribution in [0, 0.1) is 5.82 Å². The second kappa shape index (κ2) is 8.63. The molecule has 4 rings (SSSR count). The van der Waals surface area contributed by atoms with Crippen molar-refractivity contribution in [2.24, 2.45) is 0 Å². The van der Waals surface area contributed by atoms with Gasteiger partial charge >= 0.3 is 29.6 Å². The average molecular weight is 458 g/mol. The van der Waals surface area contributed by atoms with E-state index in [1.807, 2.05) is 16.7 Å². The fourth-order valence-electron chi connectivity index (χ4n) is 4.31. The summed E-state index contributed by atoms with van der Waals surface area (Å²) in [6.45, 7) is 0.320. The van der Waals surface area contributed by atoms with Gasteiger partial charge in [0.05, 0.1) is 10.4 Å². The molecule has 9 heteroatoms. The van der Waals surface area contributed by atoms with Crippen LogP contribution in [0.15, 0.2) is 41.3 Å². The Morgan fingerprint density at radius 3 is 2.53 bits per heavy atom. The molecule has 0 unspecified atom stereocenters. The van der Waals surface area contributed by atoms with E-state index in [1.165, 1.54) is 6.07 Å². The molecule has 0 aliphatic heterocycles. The molecule has 0 N–H and O–H groups in total. The molecule has 0 bridgehead atoms. The van der Waals surface area contributed by atoms with Crippen LogP contribution in [-0.4, -0.2) is 25.2 Å². The number of sulfone groups is 1. The minimum absolute atomic E-state index is 0. The van der Waals surface area contributed by atoms with Crippen molar-refractivity contribution in [2.75, 3.05) is 6.26 Å². The summed E-state index contributed by atoms with van der Waals surface area (Å²) in [6.07, 6.45) is 2.04. The van der Waals surface area contributed by atoms with Crippen molar-refractivity contribution in [3.05, 3.63) is 64.1 Å². The van der Waals surface area contributed by atoms with Crippen LogP contribution in [0.1, 0.15) is 35.6 Å². The molecule has 0 amide bonds. The van der Waals surface area contributed by atoms with Gasteiger partial charge in [0.15, 0.2) is 9.84 Å². The van der Waals surface area contributed by atoms with E-state index in [-0.39, 0.29) is 46.8 Å². The largest absolute Gasteiger partial charge is 1.00 e. The van der Waals surface area contributed by atoms with Crippen molar-refractivity contribution in [1.29, 1.82) is 0 Å². The van der Waals surface area contributed by atoms with Gasteiger partial charge in [0, 0.05) is 40.8 Å². The van der Waals surface area contributed by atoms with Gasteiger partial charge in [0.25, 0.3) is 0 Å². The van der Waals surface area contributed by atoms with Crippen molar-refractivity contribution in [2.45, 2.75) is 36.6 Å². The number of carboxylic acids is 1. The smallest absolute Gasteiger partial charge is 0.550 e. The Morgan fingerprint density at radius 2 is 1.93 bits per heavy atom. The summed E-state index contributed by atoms with van der Waals surface area (Å²) in [5.74, 6) is -2.11. The normalized spacial score (nSPS) is 15.8. The molecule has 0 fully saturated rings. The molecular weight excluding hydrogens is 440 g/mol. The molecular formula is C21H18ClFNNaO4S. The maximum Gasteiger partial charge on any atom is 1.00 e. The summed E-state index contributed by atoms with van der Waals surface area (Å²) in [6, 6.07) is 9.48. The molecule has 0 saturated carbocycles. The minimum atomic E-state index is -3.71. The summed E-state index contributed by atoms with van der Waals surface area (Å²) in [4.78, 5) is 11.2. The van der Waals surface area contributed by atoms with E-state index < -0.39 is 21.6 Å². The molecule has 1 heterocycles. The van der Waals surface area contributed by atoms with E-state index in [0.717, 1.165) is 29.1 Å². The van der Waals surface area contributed by atoms with Crippen LogP contribution < -0.4 is 34.7 Å². The van der Waals surface area contributed by atoms with Crippen LogP contribution in [0.4, 0.5) is 4.39 Å². The van der Waals surface area contributed by atoms with Gasteiger partial charge < -0.3 is 14.5 Å². The van der Waals surface area contributed by atoms with Crippen molar-refractivity contribution in [3.8, 4) is 0 Å². The number of carboxylic acid groups (broad SMARTS) is 1. The number of fused-ring (bicyclic) bond motifs is 3. The Labute approximate surface area is 201 Å². The monoisotopic (exact) mass is 457 g/mol. The zero-order valence-electron chi connectivity index (χ0n) is 16.6. The van der Waals surface area contributed by atoms with Gasteiger partial charge in [0.2, 0.25) is 0 Å². The number of rotatable bonds is 5. The number of hydrogen-bond donors (Lipinski definition) is 0. The number of carbonyl (C=O) groups excluding carboxylic acids is 1. The topological polar surface area (TPSA) is 79.2 Å². The molecule has 1 aliphatic rings. The van der Waals surface area contributed by atoms with Crippen LogP contribution in [-0.2, 0) is 27.6 Å². The number of carbonyl (C=O) groups is 1. The predicted molar refractivity (Wildman–Crippen MR) is 106 cm³/mol. The predicted octanol–water partition coefficient (Wildman–Crippen LogP) is 0.0594. The third kappa shape index (κ3) is 4.32. The van der Waals surface area contributed by atoms with Crippen molar-refractivity contribution < 1.29 is 52.3 Å². The SMILES string of the molecule is CS(=O)(=O)c1cc(F)cc2c3c(n(Cc4ccc(Cl)cc4)c12)[C@@H](CC(=O)[O-])CC3.[Na+]. The number of halogens is 2. The van der Waals surface area contributed by atoms with Crippen molar-refractivity contribution in [1.82, 2.24) is 4.57 Å². The molecule has 152 valence electrons. The van der Waals surface area contributed by atoms with Gasteiger partial charge in [-0.15, -0.1) is 0 Å². The maximum atomic E-state index is 14.3. The Kier molecular flexibility index (Phi) is 6.70. The van der Waals surface area contributed by atoms with Crippen molar-refractivity contribution >= 4 is 38.3 Å². The van der Waals surface area contributed by atoms with E-state index in [1.54, 1.807) is 12.1 Å². The summed E-state index contributed by atoms with van der Waals surface area (Å²) >= 11 is 5.97. The van der Waals surface area contributed by atoms with Crippen LogP contribution in [0.25, 0.3) is 10.9 Å². The maximum absolute atomic E-state index is 14.3. The minimum Gasteiger partial charge on any atom is -0.550 e. The van der Waals surface area contributed by atoms with Crippen LogP contribution in [0.3, 0.4) is 0 Å². The number of benzene rings is 2. The molecule has 0 saturated heterocycles. The molecule has 3 aromatic rings. The molecule has 0 radical (unpaired) electrons. The van der Waals surface area contributed by atoms with E-state index in [4.69, 9.17) is 11.6 Å². The number of aromatic nitrogens is 1. The molecule has 5 nitrogen and oxygen atoms in total. The van der Waals surface area contributed by atoms with Gasteiger partial charge in [-0.25, -0.2) is 12.8 Å². The van der Waals surface area contributed by atoms with Crippen LogP contribution in [0.5, 0.6) is 0 Å². The molecule has 0 spiro atoms. The second-order valence-electron chi connectivity index (χ2n) is 7.46. The van der Waals surface area contributed by atoms with E-state index in [2.05, 4.69) is 0 Å². The Bertz CT molecular complexity index is 1240. The molecule has 30 heavy (non-hydrogen) atoms. The third-order valence-electron chi connectivity index (χ3n) is 5.43. The number of aryl methyl sites for hydroxylation is 1. The average Bonchev–Trinajstić information content (AvgIpc) is 3.15. The van der Waals surface area contributed by atoms with Gasteiger partial charge in [-0.05, 0) is 54.7 Å². The number of nitrogens with zero attached hydrogens (tertiary/aromatic N) is 1. The van der Waals surface area contributed by atoms with Gasteiger partial charge in [-0.2, -0.15) is 0 Å².